The van der Waals surface area contributed by atoms with E-state index in [9.17, 15) is 14.7 Å². The second-order valence-electron chi connectivity index (χ2n) is 8.55. The van der Waals surface area contributed by atoms with Gasteiger partial charge in [-0.2, -0.15) is 0 Å². The van der Waals surface area contributed by atoms with Gasteiger partial charge in [0.05, 0.1) is 12.7 Å². The average Bonchev–Trinajstić information content (AvgIpc) is 2.94. The molecular formula is C29H24BrN3O5. The summed E-state index contributed by atoms with van der Waals surface area (Å²) < 4.78 is 11.8. The molecule has 0 fully saturated rings. The molecule has 1 atom stereocenters. The number of carbonyl (C=O) groups excluding carboxylic acids is 2. The standard InChI is InChI=1S/C29H24BrN3O5/c1-37-25-9-5-8-22(26(25)34)27-31-24-15-12-20(30)16-23(24)29(36)33(27)32-28(35)19-10-13-21(14-11-19)38-17-18-6-3-2-4-7-18/h2-16,27,31,34H,17H2,1H3,(H,32,35)/t27-/m1/s1. The van der Waals surface area contributed by atoms with Gasteiger partial charge < -0.3 is 19.9 Å². The number of phenols is 1. The topological polar surface area (TPSA) is 100 Å². The summed E-state index contributed by atoms with van der Waals surface area (Å²) in [7, 11) is 1.44. The number of hydrogen-bond acceptors (Lipinski definition) is 6. The van der Waals surface area contributed by atoms with Crippen LogP contribution in [0.4, 0.5) is 5.69 Å². The van der Waals surface area contributed by atoms with E-state index in [1.165, 1.54) is 12.1 Å². The number of hydrogen-bond donors (Lipinski definition) is 3. The molecule has 0 unspecified atom stereocenters. The van der Waals surface area contributed by atoms with Crippen molar-refractivity contribution in [2.45, 2.75) is 12.8 Å². The zero-order valence-corrected chi connectivity index (χ0v) is 21.9. The van der Waals surface area contributed by atoms with Gasteiger partial charge in [-0.25, -0.2) is 5.01 Å². The number of nitrogens with zero attached hydrogens (tertiary/aromatic N) is 1. The van der Waals surface area contributed by atoms with Gasteiger partial charge in [-0.15, -0.1) is 0 Å². The Hall–Kier alpha value is -4.50. The van der Waals surface area contributed by atoms with Gasteiger partial charge in [-0.3, -0.25) is 15.0 Å². The molecule has 4 aromatic carbocycles. The quantitative estimate of drug-likeness (QED) is 0.264. The predicted octanol–water partition coefficient (Wildman–Crippen LogP) is 5.65. The number of benzene rings is 4. The molecule has 0 spiro atoms. The van der Waals surface area contributed by atoms with E-state index in [4.69, 9.17) is 9.47 Å². The first-order valence-corrected chi connectivity index (χ1v) is 12.6. The van der Waals surface area contributed by atoms with Crippen molar-refractivity contribution in [1.82, 2.24) is 10.4 Å². The fourth-order valence-corrected chi connectivity index (χ4v) is 4.51. The van der Waals surface area contributed by atoms with Gasteiger partial charge in [0.15, 0.2) is 17.7 Å². The van der Waals surface area contributed by atoms with E-state index in [1.807, 2.05) is 30.3 Å². The van der Waals surface area contributed by atoms with Crippen LogP contribution in [0.3, 0.4) is 0 Å². The van der Waals surface area contributed by atoms with Gasteiger partial charge in [0.1, 0.15) is 12.4 Å². The Labute approximate surface area is 227 Å². The Morgan fingerprint density at radius 1 is 1.03 bits per heavy atom. The Balaban J connectivity index is 1.40. The van der Waals surface area contributed by atoms with Crippen LogP contribution in [-0.2, 0) is 6.61 Å². The van der Waals surface area contributed by atoms with Crippen LogP contribution in [0.25, 0.3) is 0 Å². The van der Waals surface area contributed by atoms with Gasteiger partial charge in [-0.1, -0.05) is 58.4 Å². The summed E-state index contributed by atoms with van der Waals surface area (Å²) >= 11 is 3.40. The summed E-state index contributed by atoms with van der Waals surface area (Å²) in [5.74, 6) is -0.223. The lowest BCUT2D eigenvalue weighted by Crippen LogP contribution is -2.52. The summed E-state index contributed by atoms with van der Waals surface area (Å²) in [5.41, 5.74) is 5.36. The van der Waals surface area contributed by atoms with E-state index in [-0.39, 0.29) is 11.5 Å². The SMILES string of the molecule is COc1cccc([C@@H]2Nc3ccc(Br)cc3C(=O)N2NC(=O)c2ccc(OCc3ccccc3)cc2)c1O. The lowest BCUT2D eigenvalue weighted by molar-refractivity contribution is 0.0488. The number of fused-ring (bicyclic) bond motifs is 1. The van der Waals surface area contributed by atoms with E-state index in [1.54, 1.807) is 60.7 Å². The third kappa shape index (κ3) is 5.14. The van der Waals surface area contributed by atoms with Crippen LogP contribution in [0.15, 0.2) is 95.5 Å². The van der Waals surface area contributed by atoms with Crippen LogP contribution in [0, 0.1) is 0 Å². The average molecular weight is 574 g/mol. The normalized spacial score (nSPS) is 14.3. The second kappa shape index (κ2) is 10.9. The fourth-order valence-electron chi connectivity index (χ4n) is 4.15. The number of nitrogens with one attached hydrogen (secondary N) is 2. The van der Waals surface area contributed by atoms with E-state index in [2.05, 4.69) is 26.7 Å². The van der Waals surface area contributed by atoms with Gasteiger partial charge in [-0.05, 0) is 54.1 Å². The number of halogens is 1. The van der Waals surface area contributed by atoms with Crippen LogP contribution < -0.4 is 20.2 Å². The predicted molar refractivity (Wildman–Crippen MR) is 146 cm³/mol. The molecule has 1 aliphatic heterocycles. The van der Waals surface area contributed by atoms with Crippen LogP contribution in [0.1, 0.15) is 38.0 Å². The number of hydrazine groups is 1. The summed E-state index contributed by atoms with van der Waals surface area (Å²) in [6.45, 7) is 0.404. The lowest BCUT2D eigenvalue weighted by atomic mass is 10.0. The van der Waals surface area contributed by atoms with Crippen LogP contribution in [0.2, 0.25) is 0 Å². The first-order valence-electron chi connectivity index (χ1n) is 11.8. The van der Waals surface area contributed by atoms with Crippen LogP contribution >= 0.6 is 15.9 Å². The number of aromatic hydroxyl groups is 1. The zero-order valence-electron chi connectivity index (χ0n) is 20.4. The van der Waals surface area contributed by atoms with E-state index in [0.29, 0.717) is 39.2 Å². The lowest BCUT2D eigenvalue weighted by Gasteiger charge is -2.38. The summed E-state index contributed by atoms with van der Waals surface area (Å²) in [6, 6.07) is 26.6. The summed E-state index contributed by atoms with van der Waals surface area (Å²) in [6.07, 6.45) is -0.899. The van der Waals surface area contributed by atoms with Crippen molar-refractivity contribution in [3.8, 4) is 17.2 Å². The van der Waals surface area contributed by atoms with Gasteiger partial charge >= 0.3 is 0 Å². The fraction of sp³-hybridized carbons (Fsp3) is 0.103. The molecule has 0 bridgehead atoms. The maximum Gasteiger partial charge on any atom is 0.276 e. The van der Waals surface area contributed by atoms with E-state index < -0.39 is 18.0 Å². The molecule has 0 radical (unpaired) electrons. The summed E-state index contributed by atoms with van der Waals surface area (Å²) in [5, 5.41) is 15.2. The van der Waals surface area contributed by atoms with Crippen molar-refractivity contribution in [3.63, 3.8) is 0 Å². The number of amides is 2. The highest BCUT2D eigenvalue weighted by Crippen LogP contribution is 2.40. The van der Waals surface area contributed by atoms with Gasteiger partial charge in [0.25, 0.3) is 11.8 Å². The third-order valence-corrected chi connectivity index (χ3v) is 6.61. The Morgan fingerprint density at radius 3 is 2.53 bits per heavy atom. The molecule has 1 heterocycles. The van der Waals surface area contributed by atoms with E-state index in [0.717, 1.165) is 5.56 Å². The molecule has 3 N–H and O–H groups in total. The highest BCUT2D eigenvalue weighted by molar-refractivity contribution is 9.10. The minimum atomic E-state index is -0.899. The minimum absolute atomic E-state index is 0.139. The summed E-state index contributed by atoms with van der Waals surface area (Å²) in [4.78, 5) is 26.8. The molecule has 2 amide bonds. The molecule has 0 saturated heterocycles. The largest absolute Gasteiger partial charge is 0.504 e. The Kier molecular flexibility index (Phi) is 7.19. The molecule has 5 rings (SSSR count). The molecule has 9 heteroatoms. The Morgan fingerprint density at radius 2 is 1.79 bits per heavy atom. The second-order valence-corrected chi connectivity index (χ2v) is 9.47. The molecule has 192 valence electrons. The van der Waals surface area contributed by atoms with Crippen molar-refractivity contribution in [2.24, 2.45) is 0 Å². The number of para-hydroxylation sites is 1. The monoisotopic (exact) mass is 573 g/mol. The van der Waals surface area contributed by atoms with Crippen LogP contribution in [-0.4, -0.2) is 29.0 Å². The highest BCUT2D eigenvalue weighted by atomic mass is 79.9. The van der Waals surface area contributed by atoms with E-state index >= 15 is 0 Å². The van der Waals surface area contributed by atoms with Crippen molar-refractivity contribution in [1.29, 1.82) is 0 Å². The van der Waals surface area contributed by atoms with Crippen molar-refractivity contribution >= 4 is 33.4 Å². The first kappa shape index (κ1) is 25.2. The third-order valence-electron chi connectivity index (χ3n) is 6.11. The van der Waals surface area contributed by atoms with Crippen molar-refractivity contribution < 1.29 is 24.2 Å². The number of anilines is 1. The molecule has 4 aromatic rings. The first-order chi connectivity index (χ1) is 18.4. The van der Waals surface area contributed by atoms with Crippen molar-refractivity contribution in [2.75, 3.05) is 12.4 Å². The molecule has 0 aromatic heterocycles. The van der Waals surface area contributed by atoms with Gasteiger partial charge in [0, 0.05) is 21.3 Å². The number of rotatable bonds is 7. The molecule has 38 heavy (non-hydrogen) atoms. The number of ether oxygens (including phenoxy) is 2. The zero-order chi connectivity index (χ0) is 26.6. The smallest absolute Gasteiger partial charge is 0.276 e. The number of carbonyl (C=O) groups is 2. The molecule has 8 nitrogen and oxygen atoms in total. The number of phenolic OH excluding ortho intramolecular Hbond substituents is 1. The Bertz CT molecular complexity index is 1480. The molecule has 0 saturated carbocycles. The highest BCUT2D eigenvalue weighted by Gasteiger charge is 2.36. The van der Waals surface area contributed by atoms with Gasteiger partial charge in [0.2, 0.25) is 0 Å². The number of methoxy groups -OCH3 is 1. The molecular weight excluding hydrogens is 550 g/mol. The minimum Gasteiger partial charge on any atom is -0.504 e. The molecule has 0 aliphatic carbocycles. The van der Waals surface area contributed by atoms with Crippen LogP contribution in [0.5, 0.6) is 17.2 Å². The molecule has 1 aliphatic rings. The maximum absolute atomic E-state index is 13.6. The van der Waals surface area contributed by atoms with Crippen molar-refractivity contribution in [3.05, 3.63) is 118 Å². The maximum atomic E-state index is 13.6.